The van der Waals surface area contributed by atoms with Crippen molar-refractivity contribution in [2.24, 2.45) is 0 Å². The molecule has 4 nitrogen and oxygen atoms in total. The summed E-state index contributed by atoms with van der Waals surface area (Å²) in [6.07, 6.45) is 2.12. The largest absolute Gasteiger partial charge is 0.491 e. The summed E-state index contributed by atoms with van der Waals surface area (Å²) in [6.45, 7) is 11.8. The zero-order valence-electron chi connectivity index (χ0n) is 15.6. The number of benzene rings is 1. The Morgan fingerprint density at radius 2 is 1.64 bits per heavy atom. The number of rotatable bonds is 4. The number of hydrogen-bond acceptors (Lipinski definition) is 5. The number of morpholine rings is 1. The molecule has 2 aliphatic rings. The van der Waals surface area contributed by atoms with Crippen LogP contribution in [-0.4, -0.2) is 50.4 Å². The van der Waals surface area contributed by atoms with Crippen LogP contribution in [-0.2, 0) is 14.0 Å². The second-order valence-electron chi connectivity index (χ2n) is 7.66. The molecule has 25 heavy (non-hydrogen) atoms. The molecule has 0 aromatic heterocycles. The molecule has 0 atom stereocenters. The van der Waals surface area contributed by atoms with Crippen LogP contribution in [0.25, 0.3) is 6.08 Å². The first kappa shape index (κ1) is 18.8. The Morgan fingerprint density at radius 1 is 1.08 bits per heavy atom. The molecule has 0 unspecified atom stereocenters. The molecule has 0 aliphatic carbocycles. The van der Waals surface area contributed by atoms with Crippen molar-refractivity contribution in [3.05, 3.63) is 35.3 Å². The van der Waals surface area contributed by atoms with Crippen LogP contribution in [0.1, 0.15) is 33.3 Å². The molecule has 2 saturated heterocycles. The van der Waals surface area contributed by atoms with Gasteiger partial charge in [-0.2, -0.15) is 12.6 Å². The van der Waals surface area contributed by atoms with E-state index in [4.69, 9.17) is 14.0 Å². The molecule has 0 radical (unpaired) electrons. The summed E-state index contributed by atoms with van der Waals surface area (Å²) in [7, 11) is -0.346. The molecule has 1 aromatic rings. The van der Waals surface area contributed by atoms with Crippen molar-refractivity contribution < 1.29 is 14.0 Å². The molecule has 0 saturated carbocycles. The van der Waals surface area contributed by atoms with Gasteiger partial charge in [-0.15, -0.1) is 0 Å². The highest BCUT2D eigenvalue weighted by Crippen LogP contribution is 2.39. The van der Waals surface area contributed by atoms with Crippen molar-refractivity contribution in [2.75, 3.05) is 37.0 Å². The van der Waals surface area contributed by atoms with Crippen LogP contribution < -0.4 is 4.90 Å². The number of ether oxygens (including phenoxy) is 1. The lowest BCUT2D eigenvalue weighted by Crippen LogP contribution is -2.41. The number of anilines is 1. The topological polar surface area (TPSA) is 30.9 Å². The third-order valence-corrected chi connectivity index (χ3v) is 5.73. The molecule has 2 aliphatic heterocycles. The van der Waals surface area contributed by atoms with E-state index in [0.29, 0.717) is 5.75 Å². The molecule has 3 rings (SSSR count). The highest BCUT2D eigenvalue weighted by molar-refractivity contribution is 7.80. The van der Waals surface area contributed by atoms with E-state index in [1.807, 2.05) is 0 Å². The number of hydrogen-bond donors (Lipinski definition) is 1. The van der Waals surface area contributed by atoms with E-state index in [-0.39, 0.29) is 18.3 Å². The van der Waals surface area contributed by atoms with Crippen molar-refractivity contribution in [1.82, 2.24) is 0 Å². The monoisotopic (exact) mass is 361 g/mol. The molecule has 0 amide bonds. The molecular formula is C19H28BNO3S. The summed E-state index contributed by atoms with van der Waals surface area (Å²) in [5.74, 6) is 0.599. The zero-order chi connectivity index (χ0) is 18.1. The van der Waals surface area contributed by atoms with Crippen LogP contribution in [0.5, 0.6) is 0 Å². The lowest BCUT2D eigenvalue weighted by Gasteiger charge is -2.32. The Bertz CT molecular complexity index is 608. The molecule has 136 valence electrons. The van der Waals surface area contributed by atoms with Crippen LogP contribution in [0.4, 0.5) is 5.69 Å². The number of thiol groups is 1. The number of nitrogens with zero attached hydrogens (tertiary/aromatic N) is 1. The smallest absolute Gasteiger partial charge is 0.400 e. The minimum atomic E-state index is -0.346. The standard InChI is InChI=1S/C19H28BNO3S/c1-18(2)19(3,4)24-20(23-18)16(14-25)13-15-5-7-17(8-6-15)21-9-11-22-12-10-21/h5-8,13,25H,9-12,14H2,1-4H3. The van der Waals surface area contributed by atoms with Gasteiger partial charge in [-0.1, -0.05) is 18.2 Å². The van der Waals surface area contributed by atoms with E-state index >= 15 is 0 Å². The summed E-state index contributed by atoms with van der Waals surface area (Å²) < 4.78 is 17.7. The van der Waals surface area contributed by atoms with E-state index in [9.17, 15) is 0 Å². The predicted molar refractivity (Wildman–Crippen MR) is 107 cm³/mol. The van der Waals surface area contributed by atoms with Crippen molar-refractivity contribution in [2.45, 2.75) is 38.9 Å². The fourth-order valence-electron chi connectivity index (χ4n) is 3.00. The Balaban J connectivity index is 1.74. The summed E-state index contributed by atoms with van der Waals surface area (Å²) in [5.41, 5.74) is 2.75. The summed E-state index contributed by atoms with van der Waals surface area (Å²) in [6, 6.07) is 8.61. The van der Waals surface area contributed by atoms with E-state index in [1.165, 1.54) is 5.69 Å². The summed E-state index contributed by atoms with van der Waals surface area (Å²) in [4.78, 5) is 2.35. The van der Waals surface area contributed by atoms with Crippen LogP contribution in [0.2, 0.25) is 0 Å². The maximum Gasteiger partial charge on any atom is 0.491 e. The molecule has 6 heteroatoms. The van der Waals surface area contributed by atoms with Gasteiger partial charge >= 0.3 is 7.12 Å². The SMILES string of the molecule is CC1(C)OB(C(=Cc2ccc(N3CCOCC3)cc2)CS)OC1(C)C. The quantitative estimate of drug-likeness (QED) is 0.657. The molecule has 2 heterocycles. The first-order valence-electron chi connectivity index (χ1n) is 8.92. The lowest BCUT2D eigenvalue weighted by molar-refractivity contribution is 0.00578. The molecule has 0 bridgehead atoms. The Hall–Kier alpha value is -0.945. The van der Waals surface area contributed by atoms with Gasteiger partial charge < -0.3 is 18.9 Å². The van der Waals surface area contributed by atoms with Gasteiger partial charge in [0.25, 0.3) is 0 Å². The van der Waals surface area contributed by atoms with Gasteiger partial charge in [-0.3, -0.25) is 0 Å². The summed E-state index contributed by atoms with van der Waals surface area (Å²) in [5, 5.41) is 0. The average molecular weight is 361 g/mol. The Morgan fingerprint density at radius 3 is 2.16 bits per heavy atom. The minimum absolute atomic E-state index is 0.333. The maximum absolute atomic E-state index is 6.15. The van der Waals surface area contributed by atoms with Gasteiger partial charge in [0.1, 0.15) is 0 Å². The van der Waals surface area contributed by atoms with Crippen molar-refractivity contribution in [3.63, 3.8) is 0 Å². The van der Waals surface area contributed by atoms with E-state index in [2.05, 4.69) is 75.6 Å². The lowest BCUT2D eigenvalue weighted by atomic mass is 9.78. The van der Waals surface area contributed by atoms with Crippen LogP contribution >= 0.6 is 12.6 Å². The highest BCUT2D eigenvalue weighted by atomic mass is 32.1. The Labute approximate surface area is 157 Å². The van der Waals surface area contributed by atoms with E-state index in [0.717, 1.165) is 37.3 Å². The second-order valence-corrected chi connectivity index (χ2v) is 7.97. The summed E-state index contributed by atoms with van der Waals surface area (Å²) >= 11 is 4.49. The van der Waals surface area contributed by atoms with E-state index in [1.54, 1.807) is 0 Å². The van der Waals surface area contributed by atoms with E-state index < -0.39 is 0 Å². The van der Waals surface area contributed by atoms with Gasteiger partial charge in [0.05, 0.1) is 24.4 Å². The first-order chi connectivity index (χ1) is 11.8. The molecule has 2 fully saturated rings. The van der Waals surface area contributed by atoms with Crippen molar-refractivity contribution >= 4 is 31.5 Å². The third-order valence-electron chi connectivity index (χ3n) is 5.36. The predicted octanol–water partition coefficient (Wildman–Crippen LogP) is 3.47. The fraction of sp³-hybridized carbons (Fsp3) is 0.579. The fourth-order valence-corrected chi connectivity index (χ4v) is 3.24. The molecular weight excluding hydrogens is 333 g/mol. The third kappa shape index (κ3) is 4.08. The van der Waals surface area contributed by atoms with Gasteiger partial charge in [0, 0.05) is 24.5 Å². The van der Waals surface area contributed by atoms with Gasteiger partial charge in [-0.05, 0) is 50.9 Å². The maximum atomic E-state index is 6.15. The molecule has 0 N–H and O–H groups in total. The van der Waals surface area contributed by atoms with Gasteiger partial charge in [0.2, 0.25) is 0 Å². The second kappa shape index (κ2) is 7.35. The van der Waals surface area contributed by atoms with Crippen molar-refractivity contribution in [3.8, 4) is 0 Å². The first-order valence-corrected chi connectivity index (χ1v) is 9.55. The highest BCUT2D eigenvalue weighted by Gasteiger charge is 2.52. The normalized spacial score (nSPS) is 23.2. The van der Waals surface area contributed by atoms with Gasteiger partial charge in [-0.25, -0.2) is 0 Å². The van der Waals surface area contributed by atoms with Crippen LogP contribution in [0.15, 0.2) is 29.7 Å². The van der Waals surface area contributed by atoms with Crippen LogP contribution in [0, 0.1) is 0 Å². The van der Waals surface area contributed by atoms with Gasteiger partial charge in [0.15, 0.2) is 0 Å². The minimum Gasteiger partial charge on any atom is -0.400 e. The van der Waals surface area contributed by atoms with Crippen molar-refractivity contribution in [1.29, 1.82) is 0 Å². The molecule has 0 spiro atoms. The zero-order valence-corrected chi connectivity index (χ0v) is 16.5. The average Bonchev–Trinajstić information content (AvgIpc) is 2.81. The van der Waals surface area contributed by atoms with Crippen LogP contribution in [0.3, 0.4) is 0 Å². The molecule has 1 aromatic carbocycles. The Kier molecular flexibility index (Phi) is 5.54.